The minimum absolute atomic E-state index is 0.183. The monoisotopic (exact) mass is 372 g/mol. The van der Waals surface area contributed by atoms with E-state index in [1.54, 1.807) is 0 Å². The molecule has 3 heterocycles. The van der Waals surface area contributed by atoms with Crippen LogP contribution >= 0.6 is 0 Å². The Kier molecular flexibility index (Phi) is 4.24. The highest BCUT2D eigenvalue weighted by molar-refractivity contribution is 6.10. The second-order valence-electron chi connectivity index (χ2n) is 7.77. The van der Waals surface area contributed by atoms with E-state index in [1.807, 2.05) is 18.7 Å². The normalized spacial score (nSPS) is 23.8. The molecular weight excluding hydrogens is 347 g/mol. The number of primary amides is 1. The molecule has 7 heteroatoms. The Morgan fingerprint density at radius 2 is 2.00 bits per heavy atom. The Morgan fingerprint density at radius 1 is 1.37 bits per heavy atom. The highest BCUT2D eigenvalue weighted by Crippen LogP contribution is 2.41. The third-order valence-electron chi connectivity index (χ3n) is 6.18. The molecule has 2 aliphatic rings. The molecule has 0 radical (unpaired) electrons. The number of aromatic amines is 1. The number of nitrogens with one attached hydrogen (secondary N) is 1. The predicted octanol–water partition coefficient (Wildman–Crippen LogP) is 1.90. The van der Waals surface area contributed by atoms with Crippen LogP contribution < -0.4 is 10.6 Å². The van der Waals surface area contributed by atoms with Gasteiger partial charge in [-0.05, 0) is 43.4 Å². The lowest BCUT2D eigenvalue weighted by molar-refractivity contribution is 0.0560. The van der Waals surface area contributed by atoms with Gasteiger partial charge in [-0.15, -0.1) is 0 Å². The first-order valence-electron chi connectivity index (χ1n) is 9.22. The Morgan fingerprint density at radius 3 is 2.56 bits per heavy atom. The van der Waals surface area contributed by atoms with Crippen molar-refractivity contribution in [2.45, 2.75) is 20.1 Å². The first-order valence-corrected chi connectivity index (χ1v) is 9.22. The molecule has 0 aliphatic carbocycles. The predicted molar refractivity (Wildman–Crippen MR) is 103 cm³/mol. The average molecular weight is 372 g/mol. The zero-order chi connectivity index (χ0) is 19.5. The minimum Gasteiger partial charge on any atom is -0.375 e. The molecular formula is C20H25FN4O2. The fraction of sp³-hybridized carbons (Fsp3) is 0.450. The van der Waals surface area contributed by atoms with Crippen LogP contribution in [0.15, 0.2) is 18.7 Å². The van der Waals surface area contributed by atoms with Gasteiger partial charge in [0.15, 0.2) is 0 Å². The number of aliphatic hydroxyl groups is 1. The summed E-state index contributed by atoms with van der Waals surface area (Å²) in [5.74, 6) is -0.323. The van der Waals surface area contributed by atoms with Gasteiger partial charge in [0, 0.05) is 37.3 Å². The first-order chi connectivity index (χ1) is 12.8. The maximum Gasteiger partial charge on any atom is 0.250 e. The van der Waals surface area contributed by atoms with Crippen molar-refractivity contribution in [3.63, 3.8) is 0 Å². The molecule has 2 aromatic rings. The first kappa shape index (κ1) is 18.0. The van der Waals surface area contributed by atoms with Gasteiger partial charge in [-0.2, -0.15) is 0 Å². The van der Waals surface area contributed by atoms with Crippen molar-refractivity contribution in [2.75, 3.05) is 31.1 Å². The standard InChI is InChI=1S/C20H25FN4O2/c1-4-16(26)24-6-12-8-25(9-13(12)7-24)19-15(21)5-14(20(22)27)18-17(19)10(2)11(3)23-18/h4-5,12-13,16,23,26H,1,6-9H2,2-3H3,(H2,22,27). The maximum atomic E-state index is 15.1. The van der Waals surface area contributed by atoms with E-state index in [9.17, 15) is 9.90 Å². The van der Waals surface area contributed by atoms with Crippen LogP contribution in [-0.4, -0.2) is 53.3 Å². The molecule has 0 spiro atoms. The SMILES string of the molecule is C=CC(O)N1CC2CN(c3c(F)cc(C(N)=O)c4[nH]c(C)c(C)c34)CC2C1. The highest BCUT2D eigenvalue weighted by Gasteiger charge is 2.42. The smallest absolute Gasteiger partial charge is 0.250 e. The molecule has 2 aliphatic heterocycles. The van der Waals surface area contributed by atoms with Gasteiger partial charge in [-0.3, -0.25) is 9.69 Å². The van der Waals surface area contributed by atoms with Crippen molar-refractivity contribution in [1.82, 2.24) is 9.88 Å². The summed E-state index contributed by atoms with van der Waals surface area (Å²) in [6.07, 6.45) is 0.910. The highest BCUT2D eigenvalue weighted by atomic mass is 19.1. The molecule has 2 saturated heterocycles. The van der Waals surface area contributed by atoms with E-state index in [4.69, 9.17) is 5.73 Å². The van der Waals surface area contributed by atoms with Crippen LogP contribution in [0.25, 0.3) is 10.9 Å². The van der Waals surface area contributed by atoms with Crippen LogP contribution in [0.5, 0.6) is 0 Å². The number of aliphatic hydroxyl groups excluding tert-OH is 1. The molecule has 6 nitrogen and oxygen atoms in total. The molecule has 1 aromatic carbocycles. The molecule has 0 saturated carbocycles. The number of hydrogen-bond donors (Lipinski definition) is 3. The lowest BCUT2D eigenvalue weighted by Gasteiger charge is -2.26. The van der Waals surface area contributed by atoms with Gasteiger partial charge in [0.1, 0.15) is 12.0 Å². The number of halogens is 1. The number of likely N-dealkylation sites (tertiary alicyclic amines) is 1. The molecule has 0 bridgehead atoms. The lowest BCUT2D eigenvalue weighted by atomic mass is 10.0. The third-order valence-corrected chi connectivity index (χ3v) is 6.18. The molecule has 27 heavy (non-hydrogen) atoms. The number of amides is 1. The zero-order valence-electron chi connectivity index (χ0n) is 15.6. The quantitative estimate of drug-likeness (QED) is 0.716. The Bertz CT molecular complexity index is 924. The van der Waals surface area contributed by atoms with E-state index in [2.05, 4.69) is 16.5 Å². The largest absolute Gasteiger partial charge is 0.375 e. The molecule has 144 valence electrons. The van der Waals surface area contributed by atoms with Crippen molar-refractivity contribution in [3.05, 3.63) is 41.4 Å². The van der Waals surface area contributed by atoms with Crippen LogP contribution in [0.3, 0.4) is 0 Å². The Balaban J connectivity index is 1.72. The topological polar surface area (TPSA) is 85.6 Å². The number of benzene rings is 1. The number of aryl methyl sites for hydroxylation is 2. The number of carbonyl (C=O) groups excluding carboxylic acids is 1. The van der Waals surface area contributed by atoms with Crippen LogP contribution in [0.2, 0.25) is 0 Å². The number of hydrogen-bond acceptors (Lipinski definition) is 4. The summed E-state index contributed by atoms with van der Waals surface area (Å²) in [4.78, 5) is 19.1. The number of nitrogens with zero attached hydrogens (tertiary/aromatic N) is 2. The average Bonchev–Trinajstić information content (AvgIpc) is 3.27. The summed E-state index contributed by atoms with van der Waals surface area (Å²) < 4.78 is 15.1. The molecule has 3 atom stereocenters. The van der Waals surface area contributed by atoms with Gasteiger partial charge in [0.25, 0.3) is 5.91 Å². The second-order valence-corrected chi connectivity index (χ2v) is 7.77. The van der Waals surface area contributed by atoms with E-state index in [-0.39, 0.29) is 5.56 Å². The van der Waals surface area contributed by atoms with Crippen molar-refractivity contribution in [1.29, 1.82) is 0 Å². The van der Waals surface area contributed by atoms with Crippen molar-refractivity contribution < 1.29 is 14.3 Å². The van der Waals surface area contributed by atoms with Gasteiger partial charge in [-0.25, -0.2) is 4.39 Å². The van der Waals surface area contributed by atoms with E-state index in [0.717, 1.165) is 42.8 Å². The number of aromatic nitrogens is 1. The molecule has 3 unspecified atom stereocenters. The number of rotatable bonds is 4. The summed E-state index contributed by atoms with van der Waals surface area (Å²) in [6, 6.07) is 1.25. The number of H-pyrrole nitrogens is 1. The number of anilines is 1. The van der Waals surface area contributed by atoms with Crippen LogP contribution in [0.4, 0.5) is 10.1 Å². The lowest BCUT2D eigenvalue weighted by Crippen LogP contribution is -2.35. The molecule has 1 aromatic heterocycles. The van der Waals surface area contributed by atoms with E-state index < -0.39 is 18.0 Å². The molecule has 4 rings (SSSR count). The Labute approximate surface area is 157 Å². The van der Waals surface area contributed by atoms with Crippen molar-refractivity contribution in [2.24, 2.45) is 17.6 Å². The summed E-state index contributed by atoms with van der Waals surface area (Å²) >= 11 is 0. The molecule has 1 amide bonds. The van der Waals surface area contributed by atoms with Gasteiger partial charge in [0.2, 0.25) is 0 Å². The summed E-state index contributed by atoms with van der Waals surface area (Å²) in [7, 11) is 0. The van der Waals surface area contributed by atoms with Crippen LogP contribution in [0.1, 0.15) is 21.6 Å². The second kappa shape index (κ2) is 6.35. The summed E-state index contributed by atoms with van der Waals surface area (Å²) in [5.41, 5.74) is 8.63. The van der Waals surface area contributed by atoms with Crippen molar-refractivity contribution >= 4 is 22.5 Å². The van der Waals surface area contributed by atoms with Crippen LogP contribution in [-0.2, 0) is 0 Å². The number of carbonyl (C=O) groups is 1. The minimum atomic E-state index is -0.640. The van der Waals surface area contributed by atoms with E-state index in [1.165, 1.54) is 12.1 Å². The van der Waals surface area contributed by atoms with E-state index in [0.29, 0.717) is 23.0 Å². The number of fused-ring (bicyclic) bond motifs is 2. The van der Waals surface area contributed by atoms with Gasteiger partial charge < -0.3 is 20.7 Å². The van der Waals surface area contributed by atoms with Crippen LogP contribution in [0, 0.1) is 31.5 Å². The summed E-state index contributed by atoms with van der Waals surface area (Å²) in [6.45, 7) is 10.5. The summed E-state index contributed by atoms with van der Waals surface area (Å²) in [5, 5.41) is 10.7. The maximum absolute atomic E-state index is 15.1. The van der Waals surface area contributed by atoms with E-state index >= 15 is 4.39 Å². The van der Waals surface area contributed by atoms with Gasteiger partial charge >= 0.3 is 0 Å². The number of nitrogens with two attached hydrogens (primary N) is 1. The fourth-order valence-electron chi connectivity index (χ4n) is 4.68. The molecule has 2 fully saturated rings. The zero-order valence-corrected chi connectivity index (χ0v) is 15.6. The van der Waals surface area contributed by atoms with Crippen molar-refractivity contribution in [3.8, 4) is 0 Å². The fourth-order valence-corrected chi connectivity index (χ4v) is 4.68. The van der Waals surface area contributed by atoms with Gasteiger partial charge in [0.05, 0.1) is 16.8 Å². The third kappa shape index (κ3) is 2.73. The Hall–Kier alpha value is -2.38. The molecule has 4 N–H and O–H groups in total. The van der Waals surface area contributed by atoms with Gasteiger partial charge in [-0.1, -0.05) is 6.58 Å².